The first kappa shape index (κ1) is 14.5. The molecule has 0 spiro atoms. The van der Waals surface area contributed by atoms with Gasteiger partial charge in [-0.1, -0.05) is 11.6 Å². The van der Waals surface area contributed by atoms with Crippen LogP contribution in [0.15, 0.2) is 29.9 Å². The van der Waals surface area contributed by atoms with Gasteiger partial charge in [0.2, 0.25) is 5.91 Å². The third kappa shape index (κ3) is 3.17. The number of amides is 2. The number of rotatable bonds is 5. The van der Waals surface area contributed by atoms with E-state index in [2.05, 4.69) is 10.4 Å². The third-order valence-corrected chi connectivity index (χ3v) is 3.89. The number of nitrogens with two attached hydrogens (primary N) is 1. The van der Waals surface area contributed by atoms with Crippen LogP contribution in [-0.2, 0) is 11.3 Å². The molecule has 0 bridgehead atoms. The predicted octanol–water partition coefficient (Wildman–Crippen LogP) is 1.27. The number of primary amides is 1. The van der Waals surface area contributed by atoms with Crippen molar-refractivity contribution in [2.75, 3.05) is 0 Å². The van der Waals surface area contributed by atoms with Crippen LogP contribution < -0.4 is 11.1 Å². The molecule has 0 aromatic carbocycles. The number of carbonyl (C=O) groups excluding carboxylic acids is 2. The molecule has 106 valence electrons. The molecule has 8 heteroatoms. The minimum absolute atomic E-state index is 0.152. The van der Waals surface area contributed by atoms with Crippen LogP contribution in [0.4, 0.5) is 0 Å². The molecule has 1 atom stereocenters. The van der Waals surface area contributed by atoms with E-state index in [1.807, 2.05) is 0 Å². The molecule has 2 aromatic heterocycles. The van der Waals surface area contributed by atoms with E-state index in [0.29, 0.717) is 9.90 Å². The van der Waals surface area contributed by atoms with Gasteiger partial charge in [0.15, 0.2) is 0 Å². The van der Waals surface area contributed by atoms with Crippen LogP contribution in [0.1, 0.15) is 17.3 Å². The monoisotopic (exact) mass is 312 g/mol. The summed E-state index contributed by atoms with van der Waals surface area (Å²) in [6.07, 6.45) is 3.27. The van der Waals surface area contributed by atoms with E-state index in [1.54, 1.807) is 30.8 Å². The van der Waals surface area contributed by atoms with E-state index in [4.69, 9.17) is 17.3 Å². The molecule has 2 heterocycles. The Bertz CT molecular complexity index is 625. The minimum atomic E-state index is -1.24. The van der Waals surface area contributed by atoms with Crippen molar-refractivity contribution in [2.24, 2.45) is 5.73 Å². The zero-order valence-electron chi connectivity index (χ0n) is 10.7. The number of carbonyl (C=O) groups is 2. The molecule has 0 aliphatic heterocycles. The van der Waals surface area contributed by atoms with Gasteiger partial charge in [-0.2, -0.15) is 5.10 Å². The molecule has 6 nitrogen and oxygen atoms in total. The average molecular weight is 313 g/mol. The van der Waals surface area contributed by atoms with Crippen molar-refractivity contribution in [3.63, 3.8) is 0 Å². The number of nitrogens with zero attached hydrogens (tertiary/aromatic N) is 2. The lowest BCUT2D eigenvalue weighted by Gasteiger charge is -2.27. The molecule has 0 fully saturated rings. The number of aromatic nitrogens is 2. The van der Waals surface area contributed by atoms with Crippen molar-refractivity contribution in [3.05, 3.63) is 39.8 Å². The summed E-state index contributed by atoms with van der Waals surface area (Å²) < 4.78 is 2.04. The molecule has 3 N–H and O–H groups in total. The number of thiophene rings is 1. The molecular formula is C12H13ClN4O2S. The maximum absolute atomic E-state index is 12.1. The van der Waals surface area contributed by atoms with E-state index in [0.717, 1.165) is 0 Å². The first-order valence-electron chi connectivity index (χ1n) is 5.74. The van der Waals surface area contributed by atoms with Crippen LogP contribution in [-0.4, -0.2) is 27.1 Å². The molecule has 0 radical (unpaired) electrons. The van der Waals surface area contributed by atoms with Crippen LogP contribution in [0.5, 0.6) is 0 Å². The number of hydrogen-bond donors (Lipinski definition) is 2. The maximum Gasteiger partial charge on any atom is 0.253 e. The number of nitrogens with one attached hydrogen (secondary N) is 1. The first-order chi connectivity index (χ1) is 9.40. The molecule has 2 amide bonds. The SMILES string of the molecule is CC(Cn1cccn1)(NC(=O)c1csc(Cl)c1)C(N)=O. The zero-order chi connectivity index (χ0) is 14.8. The Kier molecular flexibility index (Phi) is 4.10. The molecule has 2 aromatic rings. The Hall–Kier alpha value is -1.86. The van der Waals surface area contributed by atoms with E-state index in [1.165, 1.54) is 22.1 Å². The van der Waals surface area contributed by atoms with Crippen LogP contribution >= 0.6 is 22.9 Å². The van der Waals surface area contributed by atoms with Gasteiger partial charge < -0.3 is 11.1 Å². The lowest BCUT2D eigenvalue weighted by molar-refractivity contribution is -0.124. The highest BCUT2D eigenvalue weighted by Gasteiger charge is 2.34. The van der Waals surface area contributed by atoms with E-state index in [-0.39, 0.29) is 6.54 Å². The van der Waals surface area contributed by atoms with Gasteiger partial charge in [0.05, 0.1) is 16.4 Å². The van der Waals surface area contributed by atoms with Gasteiger partial charge in [-0.15, -0.1) is 11.3 Å². The van der Waals surface area contributed by atoms with Gasteiger partial charge >= 0.3 is 0 Å². The Morgan fingerprint density at radius 1 is 1.60 bits per heavy atom. The third-order valence-electron chi connectivity index (χ3n) is 2.80. The number of hydrogen-bond acceptors (Lipinski definition) is 4. The van der Waals surface area contributed by atoms with Crippen molar-refractivity contribution in [2.45, 2.75) is 19.0 Å². The second kappa shape index (κ2) is 5.64. The summed E-state index contributed by atoms with van der Waals surface area (Å²) in [5.41, 5.74) is 4.56. The fraction of sp³-hybridized carbons (Fsp3) is 0.250. The van der Waals surface area contributed by atoms with Crippen LogP contribution in [0, 0.1) is 0 Å². The van der Waals surface area contributed by atoms with Gasteiger partial charge in [0, 0.05) is 17.8 Å². The zero-order valence-corrected chi connectivity index (χ0v) is 12.2. The van der Waals surface area contributed by atoms with Crippen molar-refractivity contribution in [3.8, 4) is 0 Å². The molecular weight excluding hydrogens is 300 g/mol. The van der Waals surface area contributed by atoms with Crippen molar-refractivity contribution < 1.29 is 9.59 Å². The smallest absolute Gasteiger partial charge is 0.253 e. The van der Waals surface area contributed by atoms with Gasteiger partial charge in [0.1, 0.15) is 5.54 Å². The predicted molar refractivity (Wildman–Crippen MR) is 76.6 cm³/mol. The normalized spacial score (nSPS) is 13.7. The molecule has 2 rings (SSSR count). The highest BCUT2D eigenvalue weighted by molar-refractivity contribution is 7.14. The highest BCUT2D eigenvalue weighted by atomic mass is 35.5. The van der Waals surface area contributed by atoms with E-state index < -0.39 is 17.4 Å². The molecule has 20 heavy (non-hydrogen) atoms. The topological polar surface area (TPSA) is 90.0 Å². The number of halogens is 1. The largest absolute Gasteiger partial charge is 0.368 e. The summed E-state index contributed by atoms with van der Waals surface area (Å²) in [6, 6.07) is 3.26. The van der Waals surface area contributed by atoms with E-state index >= 15 is 0 Å². The van der Waals surface area contributed by atoms with Crippen LogP contribution in [0.25, 0.3) is 0 Å². The van der Waals surface area contributed by atoms with Crippen molar-refractivity contribution in [1.82, 2.24) is 15.1 Å². The summed E-state index contributed by atoms with van der Waals surface area (Å²) in [4.78, 5) is 23.8. The quantitative estimate of drug-likeness (QED) is 0.871. The van der Waals surface area contributed by atoms with E-state index in [9.17, 15) is 9.59 Å². The fourth-order valence-corrected chi connectivity index (χ4v) is 2.51. The second-order valence-electron chi connectivity index (χ2n) is 4.49. The Morgan fingerprint density at radius 3 is 2.85 bits per heavy atom. The molecule has 0 aliphatic rings. The Labute approximate surface area is 124 Å². The molecule has 1 unspecified atom stereocenters. The van der Waals surface area contributed by atoms with Gasteiger partial charge in [-0.05, 0) is 19.1 Å². The Balaban J connectivity index is 2.16. The summed E-state index contributed by atoms with van der Waals surface area (Å²) in [7, 11) is 0. The van der Waals surface area contributed by atoms with Crippen molar-refractivity contribution in [1.29, 1.82) is 0 Å². The first-order valence-corrected chi connectivity index (χ1v) is 7.00. The van der Waals surface area contributed by atoms with Gasteiger partial charge in [-0.25, -0.2) is 0 Å². The average Bonchev–Trinajstić information content (AvgIpc) is 3.00. The van der Waals surface area contributed by atoms with Crippen molar-refractivity contribution >= 4 is 34.8 Å². The molecule has 0 saturated heterocycles. The standard InChI is InChI=1S/C12H13ClN4O2S/c1-12(11(14)19,7-17-4-2-3-15-17)16-10(18)8-5-9(13)20-6-8/h2-6H,7H2,1H3,(H2,14,19)(H,16,18). The maximum atomic E-state index is 12.1. The molecule has 0 aliphatic carbocycles. The highest BCUT2D eigenvalue weighted by Crippen LogP contribution is 2.20. The second-order valence-corrected chi connectivity index (χ2v) is 6.04. The summed E-state index contributed by atoms with van der Waals surface area (Å²) in [5.74, 6) is -1.04. The summed E-state index contributed by atoms with van der Waals surface area (Å²) in [5, 5.41) is 8.26. The lowest BCUT2D eigenvalue weighted by atomic mass is 10.0. The summed E-state index contributed by atoms with van der Waals surface area (Å²) >= 11 is 7.03. The summed E-state index contributed by atoms with van der Waals surface area (Å²) in [6.45, 7) is 1.71. The van der Waals surface area contributed by atoms with Gasteiger partial charge in [0.25, 0.3) is 5.91 Å². The van der Waals surface area contributed by atoms with Gasteiger partial charge in [-0.3, -0.25) is 14.3 Å². The minimum Gasteiger partial charge on any atom is -0.368 e. The molecule has 0 saturated carbocycles. The fourth-order valence-electron chi connectivity index (χ4n) is 1.65. The Morgan fingerprint density at radius 2 is 2.35 bits per heavy atom. The van der Waals surface area contributed by atoms with Crippen LogP contribution in [0.2, 0.25) is 4.34 Å². The lowest BCUT2D eigenvalue weighted by Crippen LogP contribution is -2.57. The van der Waals surface area contributed by atoms with Crippen LogP contribution in [0.3, 0.4) is 0 Å².